The van der Waals surface area contributed by atoms with E-state index < -0.39 is 30.8 Å². The molecule has 8 heteroatoms. The van der Waals surface area contributed by atoms with Crippen molar-refractivity contribution in [1.29, 1.82) is 0 Å². The summed E-state index contributed by atoms with van der Waals surface area (Å²) in [5.74, 6) is 0.870. The minimum atomic E-state index is -1.24. The largest absolute Gasteiger partial charge is 0.513 e. The molecule has 2 unspecified atom stereocenters. The van der Waals surface area contributed by atoms with Gasteiger partial charge in [0.1, 0.15) is 18.5 Å². The van der Waals surface area contributed by atoms with E-state index in [1.807, 2.05) is 45.9 Å². The molecule has 29 heavy (non-hydrogen) atoms. The normalized spacial score (nSPS) is 24.7. The van der Waals surface area contributed by atoms with Crippen LogP contribution in [0.3, 0.4) is 0 Å². The number of carbonyl (C=O) groups excluding carboxylic acids is 1. The van der Waals surface area contributed by atoms with Crippen LogP contribution >= 0.6 is 0 Å². The first-order valence-electron chi connectivity index (χ1n) is 9.96. The second-order valence-electron chi connectivity index (χ2n) is 7.75. The Morgan fingerprint density at radius 1 is 1.14 bits per heavy atom. The van der Waals surface area contributed by atoms with E-state index in [1.165, 1.54) is 0 Å². The van der Waals surface area contributed by atoms with Crippen molar-refractivity contribution in [1.82, 2.24) is 0 Å². The Labute approximate surface area is 171 Å². The van der Waals surface area contributed by atoms with Crippen LogP contribution in [0.15, 0.2) is 18.2 Å². The highest BCUT2D eigenvalue weighted by Crippen LogP contribution is 2.34. The number of hydrogen-bond donors (Lipinski definition) is 3. The van der Waals surface area contributed by atoms with Crippen LogP contribution in [0.4, 0.5) is 4.79 Å². The quantitative estimate of drug-likeness (QED) is 0.338. The summed E-state index contributed by atoms with van der Waals surface area (Å²) < 4.78 is 21.3. The highest BCUT2D eigenvalue weighted by Gasteiger charge is 2.37. The van der Waals surface area contributed by atoms with Gasteiger partial charge in [-0.25, -0.2) is 4.79 Å². The highest BCUT2D eigenvalue weighted by atomic mass is 16.7. The van der Waals surface area contributed by atoms with Gasteiger partial charge in [0.25, 0.3) is 0 Å². The number of aliphatic hydroxyl groups is 3. The van der Waals surface area contributed by atoms with Crippen molar-refractivity contribution in [2.24, 2.45) is 0 Å². The fourth-order valence-corrected chi connectivity index (χ4v) is 3.17. The van der Waals surface area contributed by atoms with Crippen LogP contribution in [0.2, 0.25) is 0 Å². The SMILES string of the molecule is CC(C)c1cccc(C(C)C)c1OC(=O)OCCO[C@H]1OC(CO)CC(O)[C@H]1O. The van der Waals surface area contributed by atoms with Gasteiger partial charge in [-0.2, -0.15) is 0 Å². The molecule has 0 aromatic heterocycles. The van der Waals surface area contributed by atoms with Gasteiger partial charge in [0, 0.05) is 6.42 Å². The molecule has 1 aliphatic heterocycles. The van der Waals surface area contributed by atoms with Gasteiger partial charge in [-0.3, -0.25) is 0 Å². The van der Waals surface area contributed by atoms with Crippen molar-refractivity contribution in [3.8, 4) is 5.75 Å². The molecule has 1 aromatic carbocycles. The molecule has 0 aliphatic carbocycles. The monoisotopic (exact) mass is 412 g/mol. The average Bonchev–Trinajstić information content (AvgIpc) is 2.67. The van der Waals surface area contributed by atoms with Crippen LogP contribution in [0.5, 0.6) is 5.75 Å². The number of rotatable bonds is 8. The molecule has 4 atom stereocenters. The first-order chi connectivity index (χ1) is 13.7. The Hall–Kier alpha value is -1.71. The van der Waals surface area contributed by atoms with E-state index in [-0.39, 0.29) is 38.1 Å². The molecule has 1 aromatic rings. The first-order valence-corrected chi connectivity index (χ1v) is 9.96. The van der Waals surface area contributed by atoms with Crippen molar-refractivity contribution < 1.29 is 39.1 Å². The zero-order valence-corrected chi connectivity index (χ0v) is 17.4. The number of carbonyl (C=O) groups is 1. The molecule has 0 radical (unpaired) electrons. The Morgan fingerprint density at radius 2 is 1.76 bits per heavy atom. The number of benzene rings is 1. The molecule has 1 heterocycles. The molecule has 0 spiro atoms. The van der Waals surface area contributed by atoms with Crippen LogP contribution in [0, 0.1) is 0 Å². The lowest BCUT2D eigenvalue weighted by atomic mass is 9.94. The van der Waals surface area contributed by atoms with E-state index in [0.29, 0.717) is 5.75 Å². The summed E-state index contributed by atoms with van der Waals surface area (Å²) in [6.45, 7) is 7.62. The number of hydrogen-bond acceptors (Lipinski definition) is 8. The van der Waals surface area contributed by atoms with Crippen molar-refractivity contribution in [2.45, 2.75) is 70.6 Å². The predicted octanol–water partition coefficient (Wildman–Crippen LogP) is 2.29. The van der Waals surface area contributed by atoms with Gasteiger partial charge in [0.15, 0.2) is 6.29 Å². The second kappa shape index (κ2) is 10.9. The summed E-state index contributed by atoms with van der Waals surface area (Å²) in [7, 11) is 0. The highest BCUT2D eigenvalue weighted by molar-refractivity contribution is 5.66. The summed E-state index contributed by atoms with van der Waals surface area (Å²) in [6, 6.07) is 5.79. The van der Waals surface area contributed by atoms with Gasteiger partial charge in [-0.1, -0.05) is 45.9 Å². The Balaban J connectivity index is 1.88. The zero-order valence-electron chi connectivity index (χ0n) is 17.4. The van der Waals surface area contributed by atoms with Crippen LogP contribution in [0.25, 0.3) is 0 Å². The minimum Gasteiger partial charge on any atom is -0.432 e. The lowest BCUT2D eigenvalue weighted by molar-refractivity contribution is -0.272. The van der Waals surface area contributed by atoms with Crippen molar-refractivity contribution >= 4 is 6.16 Å². The van der Waals surface area contributed by atoms with E-state index in [2.05, 4.69) is 0 Å². The van der Waals surface area contributed by atoms with E-state index in [9.17, 15) is 15.0 Å². The lowest BCUT2D eigenvalue weighted by Gasteiger charge is -2.36. The molecule has 3 N–H and O–H groups in total. The van der Waals surface area contributed by atoms with E-state index in [1.54, 1.807) is 0 Å². The van der Waals surface area contributed by atoms with Crippen LogP contribution in [-0.4, -0.2) is 65.9 Å². The maximum atomic E-state index is 12.2. The molecule has 0 saturated carbocycles. The molecule has 1 saturated heterocycles. The average molecular weight is 412 g/mol. The summed E-state index contributed by atoms with van der Waals surface area (Å²) >= 11 is 0. The molecule has 0 bridgehead atoms. The number of para-hydroxylation sites is 1. The molecule has 0 amide bonds. The van der Waals surface area contributed by atoms with E-state index >= 15 is 0 Å². The molecular formula is C21H32O8. The molecule has 164 valence electrons. The molecule has 1 fully saturated rings. The summed E-state index contributed by atoms with van der Waals surface area (Å²) in [6.07, 6.45) is -4.75. The minimum absolute atomic E-state index is 0.0649. The number of aliphatic hydroxyl groups excluding tert-OH is 3. The van der Waals surface area contributed by atoms with Crippen molar-refractivity contribution in [3.63, 3.8) is 0 Å². The number of ether oxygens (including phenoxy) is 4. The standard InChI is InChI=1S/C21H32O8/c1-12(2)15-6-5-7-16(13(3)4)19(15)29-21(25)27-9-8-26-20-18(24)17(23)10-14(11-22)28-20/h5-7,12-14,17-18,20,22-24H,8-11H2,1-4H3/t14?,17?,18-,20+/m1/s1. The van der Waals surface area contributed by atoms with Crippen LogP contribution < -0.4 is 4.74 Å². The van der Waals surface area contributed by atoms with Gasteiger partial charge in [-0.05, 0) is 23.0 Å². The molecule has 2 rings (SSSR count). The van der Waals surface area contributed by atoms with Gasteiger partial charge < -0.3 is 34.3 Å². The lowest BCUT2D eigenvalue weighted by Crippen LogP contribution is -2.50. The van der Waals surface area contributed by atoms with Gasteiger partial charge in [0.05, 0.1) is 25.4 Å². The second-order valence-corrected chi connectivity index (χ2v) is 7.75. The Bertz CT molecular complexity index is 634. The maximum Gasteiger partial charge on any atom is 0.513 e. The van der Waals surface area contributed by atoms with Crippen LogP contribution in [-0.2, 0) is 14.2 Å². The van der Waals surface area contributed by atoms with E-state index in [0.717, 1.165) is 11.1 Å². The fourth-order valence-electron chi connectivity index (χ4n) is 3.17. The van der Waals surface area contributed by atoms with Crippen molar-refractivity contribution in [3.05, 3.63) is 29.3 Å². The predicted molar refractivity (Wildman–Crippen MR) is 105 cm³/mol. The third kappa shape index (κ3) is 6.38. The van der Waals surface area contributed by atoms with Crippen molar-refractivity contribution in [2.75, 3.05) is 19.8 Å². The topological polar surface area (TPSA) is 115 Å². The summed E-state index contributed by atoms with van der Waals surface area (Å²) in [4.78, 5) is 12.2. The van der Waals surface area contributed by atoms with Crippen LogP contribution in [0.1, 0.15) is 57.1 Å². The molecule has 8 nitrogen and oxygen atoms in total. The first kappa shape index (κ1) is 23.6. The Kier molecular flexibility index (Phi) is 8.85. The Morgan fingerprint density at radius 3 is 2.31 bits per heavy atom. The smallest absolute Gasteiger partial charge is 0.432 e. The molecule has 1 aliphatic rings. The third-order valence-electron chi connectivity index (χ3n) is 4.80. The van der Waals surface area contributed by atoms with Gasteiger partial charge in [0.2, 0.25) is 0 Å². The summed E-state index contributed by atoms with van der Waals surface area (Å²) in [5, 5.41) is 28.8. The molecular weight excluding hydrogens is 380 g/mol. The van der Waals surface area contributed by atoms with E-state index in [4.69, 9.17) is 24.1 Å². The summed E-state index contributed by atoms with van der Waals surface area (Å²) in [5.41, 5.74) is 1.85. The maximum absolute atomic E-state index is 12.2. The zero-order chi connectivity index (χ0) is 21.6. The van der Waals surface area contributed by atoms with Gasteiger partial charge >= 0.3 is 6.16 Å². The fraction of sp³-hybridized carbons (Fsp3) is 0.667. The van der Waals surface area contributed by atoms with Gasteiger partial charge in [-0.15, -0.1) is 0 Å². The third-order valence-corrected chi connectivity index (χ3v) is 4.80.